The molecule has 1 aliphatic heterocycles. The summed E-state index contributed by atoms with van der Waals surface area (Å²) >= 11 is 3.50. The van der Waals surface area contributed by atoms with Gasteiger partial charge in [0, 0.05) is 28.7 Å². The Morgan fingerprint density at radius 2 is 2.09 bits per heavy atom. The molecule has 1 aromatic heterocycles. The van der Waals surface area contributed by atoms with Crippen LogP contribution in [0.15, 0.2) is 39.6 Å². The van der Waals surface area contributed by atoms with Crippen molar-refractivity contribution in [3.63, 3.8) is 0 Å². The van der Waals surface area contributed by atoms with Crippen molar-refractivity contribution < 1.29 is 9.53 Å². The Labute approximate surface area is 136 Å². The highest BCUT2D eigenvalue weighted by Crippen LogP contribution is 2.22. The molecule has 22 heavy (non-hydrogen) atoms. The molecule has 4 nitrogen and oxygen atoms in total. The average Bonchev–Trinajstić information content (AvgIpc) is 3.01. The van der Waals surface area contributed by atoms with E-state index in [0.29, 0.717) is 24.1 Å². The summed E-state index contributed by atoms with van der Waals surface area (Å²) in [5.74, 6) is -0.376. The van der Waals surface area contributed by atoms with E-state index < -0.39 is 0 Å². The quantitative estimate of drug-likeness (QED) is 0.789. The molecule has 0 aliphatic carbocycles. The normalized spacial score (nSPS) is 13.0. The van der Waals surface area contributed by atoms with Crippen LogP contribution in [0, 0.1) is 0 Å². The third-order valence-electron chi connectivity index (χ3n) is 4.01. The number of nitrogens with zero attached hydrogens (tertiary/aromatic N) is 1. The Morgan fingerprint density at radius 3 is 2.82 bits per heavy atom. The molecular weight excluding hydrogens is 346 g/mol. The van der Waals surface area contributed by atoms with Gasteiger partial charge in [0.1, 0.15) is 0 Å². The number of hydrogen-bond acceptors (Lipinski definition) is 3. The average molecular weight is 362 g/mol. The van der Waals surface area contributed by atoms with E-state index in [1.54, 1.807) is 10.6 Å². The smallest absolute Gasteiger partial charge is 0.339 e. The first-order valence-electron chi connectivity index (χ1n) is 7.19. The lowest BCUT2D eigenvalue weighted by molar-refractivity contribution is 0.0598. The predicted molar refractivity (Wildman–Crippen MR) is 87.3 cm³/mol. The Morgan fingerprint density at radius 1 is 1.32 bits per heavy atom. The second-order valence-electron chi connectivity index (χ2n) is 5.35. The molecule has 1 aromatic carbocycles. The van der Waals surface area contributed by atoms with Crippen LogP contribution in [0.5, 0.6) is 0 Å². The van der Waals surface area contributed by atoms with Crippen molar-refractivity contribution in [2.24, 2.45) is 0 Å². The standard InChI is InChI=1S/C17H16BrNO3/c1-22-17(21)13-10-12(9-11-5-2-3-6-14(11)18)16(20)19-8-4-7-15(13)19/h2-3,5-6,10H,4,7-9H2,1H3. The Balaban J connectivity index is 2.11. The summed E-state index contributed by atoms with van der Waals surface area (Å²) in [4.78, 5) is 24.6. The molecule has 5 heteroatoms. The van der Waals surface area contributed by atoms with Crippen LogP contribution in [0.25, 0.3) is 0 Å². The molecule has 0 radical (unpaired) electrons. The Kier molecular flexibility index (Phi) is 4.16. The largest absolute Gasteiger partial charge is 0.465 e. The summed E-state index contributed by atoms with van der Waals surface area (Å²) in [7, 11) is 1.37. The molecule has 2 heterocycles. The maximum absolute atomic E-state index is 12.6. The van der Waals surface area contributed by atoms with Gasteiger partial charge in [0.2, 0.25) is 0 Å². The van der Waals surface area contributed by atoms with Crippen molar-refractivity contribution in [2.75, 3.05) is 7.11 Å². The molecule has 114 valence electrons. The molecule has 1 aliphatic rings. The molecule has 0 saturated carbocycles. The lowest BCUT2D eigenvalue weighted by Gasteiger charge is -2.12. The zero-order valence-corrected chi connectivity index (χ0v) is 13.9. The van der Waals surface area contributed by atoms with Crippen LogP contribution in [-0.4, -0.2) is 17.6 Å². The number of fused-ring (bicyclic) bond motifs is 1. The van der Waals surface area contributed by atoms with Gasteiger partial charge in [-0.25, -0.2) is 4.79 Å². The zero-order valence-electron chi connectivity index (χ0n) is 12.3. The van der Waals surface area contributed by atoms with Crippen molar-refractivity contribution in [1.82, 2.24) is 4.57 Å². The summed E-state index contributed by atoms with van der Waals surface area (Å²) in [6, 6.07) is 9.49. The number of pyridine rings is 1. The van der Waals surface area contributed by atoms with Gasteiger partial charge in [-0.2, -0.15) is 0 Å². The van der Waals surface area contributed by atoms with Crippen molar-refractivity contribution in [1.29, 1.82) is 0 Å². The number of benzene rings is 1. The van der Waals surface area contributed by atoms with Gasteiger partial charge in [-0.3, -0.25) is 4.79 Å². The van der Waals surface area contributed by atoms with Crippen molar-refractivity contribution in [3.8, 4) is 0 Å². The van der Waals surface area contributed by atoms with Crippen LogP contribution in [-0.2, 0) is 24.1 Å². The van der Waals surface area contributed by atoms with E-state index in [0.717, 1.165) is 28.6 Å². The van der Waals surface area contributed by atoms with Crippen LogP contribution < -0.4 is 5.56 Å². The lowest BCUT2D eigenvalue weighted by atomic mass is 10.0. The van der Waals surface area contributed by atoms with Gasteiger partial charge in [0.05, 0.1) is 12.7 Å². The first-order valence-corrected chi connectivity index (χ1v) is 7.98. The van der Waals surface area contributed by atoms with Crippen molar-refractivity contribution >= 4 is 21.9 Å². The van der Waals surface area contributed by atoms with E-state index in [1.807, 2.05) is 24.3 Å². The third kappa shape index (κ3) is 2.61. The van der Waals surface area contributed by atoms with Gasteiger partial charge in [-0.15, -0.1) is 0 Å². The SMILES string of the molecule is COC(=O)c1cc(Cc2ccccc2Br)c(=O)n2c1CCC2. The van der Waals surface area contributed by atoms with Crippen LogP contribution in [0.4, 0.5) is 0 Å². The van der Waals surface area contributed by atoms with E-state index in [2.05, 4.69) is 15.9 Å². The molecule has 0 bridgehead atoms. The number of ether oxygens (including phenoxy) is 1. The van der Waals surface area contributed by atoms with E-state index in [4.69, 9.17) is 4.74 Å². The Bertz CT molecular complexity index is 795. The highest BCUT2D eigenvalue weighted by atomic mass is 79.9. The van der Waals surface area contributed by atoms with Crippen LogP contribution in [0.2, 0.25) is 0 Å². The van der Waals surface area contributed by atoms with Gasteiger partial charge in [0.15, 0.2) is 0 Å². The zero-order chi connectivity index (χ0) is 15.7. The maximum atomic E-state index is 12.6. The number of carbonyl (C=O) groups is 1. The maximum Gasteiger partial charge on any atom is 0.339 e. The van der Waals surface area contributed by atoms with Gasteiger partial charge in [-0.1, -0.05) is 34.1 Å². The fraction of sp³-hybridized carbons (Fsp3) is 0.294. The highest BCUT2D eigenvalue weighted by Gasteiger charge is 2.23. The van der Waals surface area contributed by atoms with E-state index >= 15 is 0 Å². The molecule has 0 atom stereocenters. The van der Waals surface area contributed by atoms with E-state index in [-0.39, 0.29) is 11.5 Å². The number of hydrogen-bond donors (Lipinski definition) is 0. The van der Waals surface area contributed by atoms with Crippen molar-refractivity contribution in [2.45, 2.75) is 25.8 Å². The number of esters is 1. The number of methoxy groups -OCH3 is 1. The summed E-state index contributed by atoms with van der Waals surface area (Å²) in [5, 5.41) is 0. The highest BCUT2D eigenvalue weighted by molar-refractivity contribution is 9.10. The molecule has 2 aromatic rings. The monoisotopic (exact) mass is 361 g/mol. The molecule has 0 amide bonds. The minimum absolute atomic E-state index is 0.00379. The first kappa shape index (κ1) is 15.0. The molecule has 0 saturated heterocycles. The third-order valence-corrected chi connectivity index (χ3v) is 4.79. The molecule has 0 fully saturated rings. The predicted octanol–water partition coefficient (Wildman–Crippen LogP) is 2.93. The fourth-order valence-electron chi connectivity index (χ4n) is 2.93. The number of halogens is 1. The van der Waals surface area contributed by atoms with Gasteiger partial charge in [0.25, 0.3) is 5.56 Å². The summed E-state index contributed by atoms with van der Waals surface area (Å²) in [6.07, 6.45) is 2.12. The number of carbonyl (C=O) groups excluding carboxylic acids is 1. The summed E-state index contributed by atoms with van der Waals surface area (Å²) in [5.41, 5.74) is 2.96. The molecule has 0 spiro atoms. The lowest BCUT2D eigenvalue weighted by Crippen LogP contribution is -2.26. The van der Waals surface area contributed by atoms with Gasteiger partial charge < -0.3 is 9.30 Å². The van der Waals surface area contributed by atoms with Crippen LogP contribution in [0.1, 0.15) is 33.6 Å². The van der Waals surface area contributed by atoms with E-state index in [1.165, 1.54) is 7.11 Å². The molecule has 0 N–H and O–H groups in total. The topological polar surface area (TPSA) is 48.3 Å². The van der Waals surface area contributed by atoms with E-state index in [9.17, 15) is 9.59 Å². The molecule has 0 unspecified atom stereocenters. The Hall–Kier alpha value is -1.88. The fourth-order valence-corrected chi connectivity index (χ4v) is 3.36. The van der Waals surface area contributed by atoms with Crippen molar-refractivity contribution in [3.05, 3.63) is 67.5 Å². The van der Waals surface area contributed by atoms with Crippen LogP contribution >= 0.6 is 15.9 Å². The van der Waals surface area contributed by atoms with Gasteiger partial charge in [-0.05, 0) is 30.5 Å². The molecular formula is C17H16BrNO3. The van der Waals surface area contributed by atoms with Gasteiger partial charge >= 0.3 is 5.97 Å². The van der Waals surface area contributed by atoms with Crippen LogP contribution in [0.3, 0.4) is 0 Å². The summed E-state index contributed by atoms with van der Waals surface area (Å²) in [6.45, 7) is 0.669. The number of aromatic nitrogens is 1. The second-order valence-corrected chi connectivity index (χ2v) is 6.20. The minimum Gasteiger partial charge on any atom is -0.465 e. The second kappa shape index (κ2) is 6.08. The first-order chi connectivity index (χ1) is 10.6. The minimum atomic E-state index is -0.376. The molecule has 3 rings (SSSR count). The number of rotatable bonds is 3. The summed E-state index contributed by atoms with van der Waals surface area (Å²) < 4.78 is 7.55.